The van der Waals surface area contributed by atoms with Crippen molar-refractivity contribution in [3.8, 4) is 5.75 Å². The maximum atomic E-state index is 14.1. The molecule has 3 heterocycles. The number of fused-ring (bicyclic) bond motifs is 4. The summed E-state index contributed by atoms with van der Waals surface area (Å²) in [6.45, 7) is -0.399. The van der Waals surface area contributed by atoms with Crippen LogP contribution in [-0.4, -0.2) is 45.6 Å². The fraction of sp³-hybridized carbons (Fsp3) is 0.350. The molecule has 2 atom stereocenters. The van der Waals surface area contributed by atoms with Gasteiger partial charge in [0.05, 0.1) is 6.04 Å². The molecule has 2 aliphatic rings. The lowest BCUT2D eigenvalue weighted by atomic mass is 10.0. The molecule has 11 heteroatoms. The number of aromatic hydroxyl groups is 1. The van der Waals surface area contributed by atoms with Crippen LogP contribution in [0.25, 0.3) is 0 Å². The number of nitrogens with one attached hydrogen (secondary N) is 1. The van der Waals surface area contributed by atoms with E-state index in [9.17, 15) is 37.1 Å². The van der Waals surface area contributed by atoms with Crippen molar-refractivity contribution in [2.45, 2.75) is 31.6 Å². The molecule has 1 aromatic carbocycles. The van der Waals surface area contributed by atoms with Crippen LogP contribution in [0.15, 0.2) is 23.1 Å². The fourth-order valence-corrected chi connectivity index (χ4v) is 3.95. The van der Waals surface area contributed by atoms with E-state index < -0.39 is 70.3 Å². The van der Waals surface area contributed by atoms with Crippen molar-refractivity contribution in [2.75, 3.05) is 13.1 Å². The van der Waals surface area contributed by atoms with Gasteiger partial charge in [-0.25, -0.2) is 17.6 Å². The van der Waals surface area contributed by atoms with Crippen molar-refractivity contribution < 1.29 is 32.3 Å². The Balaban J connectivity index is 1.68. The normalized spacial score (nSPS) is 20.3. The summed E-state index contributed by atoms with van der Waals surface area (Å²) in [5, 5.41) is 12.5. The minimum Gasteiger partial charge on any atom is -0.503 e. The van der Waals surface area contributed by atoms with Crippen molar-refractivity contribution >= 4 is 11.8 Å². The second-order valence-electron chi connectivity index (χ2n) is 7.53. The summed E-state index contributed by atoms with van der Waals surface area (Å²) in [7, 11) is 0. The molecule has 0 radical (unpaired) electrons. The summed E-state index contributed by atoms with van der Waals surface area (Å²) >= 11 is 0. The second kappa shape index (κ2) is 7.71. The highest BCUT2D eigenvalue weighted by molar-refractivity contribution is 5.99. The Labute approximate surface area is 172 Å². The molecule has 2 bridgehead atoms. The van der Waals surface area contributed by atoms with Gasteiger partial charge in [0.15, 0.2) is 11.4 Å². The van der Waals surface area contributed by atoms with Crippen molar-refractivity contribution in [3.05, 3.63) is 62.8 Å². The van der Waals surface area contributed by atoms with Gasteiger partial charge in [-0.15, -0.1) is 0 Å². The second-order valence-corrected chi connectivity index (χ2v) is 7.53. The van der Waals surface area contributed by atoms with Gasteiger partial charge in [-0.05, 0) is 6.42 Å². The minimum atomic E-state index is -1.22. The summed E-state index contributed by atoms with van der Waals surface area (Å²) in [6.07, 6.45) is -0.0324. The van der Waals surface area contributed by atoms with Gasteiger partial charge in [0.25, 0.3) is 11.8 Å². The van der Waals surface area contributed by atoms with Crippen molar-refractivity contribution in [3.63, 3.8) is 0 Å². The predicted octanol–water partition coefficient (Wildman–Crippen LogP) is 2.03. The Morgan fingerprint density at radius 3 is 2.55 bits per heavy atom. The molecule has 1 saturated heterocycles. The predicted molar refractivity (Wildman–Crippen MR) is 98.9 cm³/mol. The van der Waals surface area contributed by atoms with E-state index in [2.05, 4.69) is 5.32 Å². The average molecular weight is 439 g/mol. The molecular formula is C20H17F4N3O4. The van der Waals surface area contributed by atoms with E-state index in [4.69, 9.17) is 0 Å². The van der Waals surface area contributed by atoms with E-state index in [1.807, 2.05) is 0 Å². The van der Waals surface area contributed by atoms with Crippen LogP contribution in [-0.2, 0) is 6.54 Å². The molecule has 7 nitrogen and oxygen atoms in total. The fourth-order valence-electron chi connectivity index (χ4n) is 3.95. The van der Waals surface area contributed by atoms with Crippen molar-refractivity contribution in [1.82, 2.24) is 14.8 Å². The molecule has 0 spiro atoms. The lowest BCUT2D eigenvalue weighted by Crippen LogP contribution is -2.44. The zero-order valence-corrected chi connectivity index (χ0v) is 16.0. The summed E-state index contributed by atoms with van der Waals surface area (Å²) in [5.41, 5.74) is -2.67. The number of aromatic nitrogens is 1. The highest BCUT2D eigenvalue weighted by Gasteiger charge is 2.38. The third kappa shape index (κ3) is 3.64. The lowest BCUT2D eigenvalue weighted by Gasteiger charge is -2.34. The highest BCUT2D eigenvalue weighted by atomic mass is 19.1. The molecule has 2 aliphatic heterocycles. The molecule has 4 rings (SSSR count). The van der Waals surface area contributed by atoms with Crippen LogP contribution in [0.4, 0.5) is 17.6 Å². The van der Waals surface area contributed by atoms with Gasteiger partial charge in [-0.2, -0.15) is 0 Å². The van der Waals surface area contributed by atoms with E-state index in [-0.39, 0.29) is 31.6 Å². The number of carbonyl (C=O) groups excluding carboxylic acids is 2. The summed E-state index contributed by atoms with van der Waals surface area (Å²) in [4.78, 5) is 39.0. The van der Waals surface area contributed by atoms with Gasteiger partial charge >= 0.3 is 0 Å². The first-order valence-electron chi connectivity index (χ1n) is 9.50. The number of alkyl halides is 1. The number of hydrogen-bond acceptors (Lipinski definition) is 4. The highest BCUT2D eigenvalue weighted by Crippen LogP contribution is 2.32. The van der Waals surface area contributed by atoms with Gasteiger partial charge < -0.3 is 19.9 Å². The standard InChI is InChI=1S/C20H17F4N3O4/c21-9-1-2-26-7-11(3-9)27-8-13(17(28)18(29)16(27)20(26)31)19(30)25-6-12-14(23)4-10(22)5-15(12)24/h4-5,8-9,11,29H,1-3,6-7H2,(H,25,30). The minimum absolute atomic E-state index is 0.0200. The summed E-state index contributed by atoms with van der Waals surface area (Å²) in [6, 6.07) is 0.289. The summed E-state index contributed by atoms with van der Waals surface area (Å²) in [5.74, 6) is -6.25. The number of halogens is 4. The van der Waals surface area contributed by atoms with Crippen LogP contribution >= 0.6 is 0 Å². The zero-order chi connectivity index (χ0) is 22.4. The number of carbonyl (C=O) groups is 2. The Bertz CT molecular complexity index is 1130. The monoisotopic (exact) mass is 439 g/mol. The van der Waals surface area contributed by atoms with E-state index >= 15 is 0 Å². The van der Waals surface area contributed by atoms with E-state index in [0.29, 0.717) is 12.1 Å². The maximum absolute atomic E-state index is 14.1. The Morgan fingerprint density at radius 1 is 1.19 bits per heavy atom. The van der Waals surface area contributed by atoms with Gasteiger partial charge in [-0.1, -0.05) is 0 Å². The third-order valence-corrected chi connectivity index (χ3v) is 5.54. The number of rotatable bonds is 3. The van der Waals surface area contributed by atoms with Crippen LogP contribution in [0.2, 0.25) is 0 Å². The maximum Gasteiger partial charge on any atom is 0.274 e. The molecule has 1 fully saturated rings. The molecule has 0 aliphatic carbocycles. The molecule has 31 heavy (non-hydrogen) atoms. The van der Waals surface area contributed by atoms with Crippen LogP contribution in [0.1, 0.15) is 45.3 Å². The Kier molecular flexibility index (Phi) is 5.19. The van der Waals surface area contributed by atoms with E-state index in [1.165, 1.54) is 9.47 Å². The quantitative estimate of drug-likeness (QED) is 0.716. The lowest BCUT2D eigenvalue weighted by molar-refractivity contribution is 0.0677. The largest absolute Gasteiger partial charge is 0.503 e. The number of amides is 2. The van der Waals surface area contributed by atoms with Crippen molar-refractivity contribution in [2.24, 2.45) is 0 Å². The number of benzene rings is 1. The SMILES string of the molecule is O=C(NCc1c(F)cc(F)cc1F)c1cn2c(c(O)c1=O)C(=O)N1CCC(F)CC2C1. The molecule has 2 N–H and O–H groups in total. The van der Waals surface area contributed by atoms with Crippen molar-refractivity contribution in [1.29, 1.82) is 0 Å². The zero-order valence-electron chi connectivity index (χ0n) is 16.0. The first-order chi connectivity index (χ1) is 14.7. The van der Waals surface area contributed by atoms with Crippen LogP contribution in [0, 0.1) is 17.5 Å². The first-order valence-corrected chi connectivity index (χ1v) is 9.50. The molecule has 2 amide bonds. The number of nitrogens with zero attached hydrogens (tertiary/aromatic N) is 2. The van der Waals surface area contributed by atoms with Crippen LogP contribution in [0.5, 0.6) is 5.75 Å². The Hall–Kier alpha value is -3.37. The molecule has 2 unspecified atom stereocenters. The molecule has 164 valence electrons. The third-order valence-electron chi connectivity index (χ3n) is 5.54. The van der Waals surface area contributed by atoms with Gasteiger partial charge in [0.2, 0.25) is 5.43 Å². The number of pyridine rings is 1. The first kappa shape index (κ1) is 20.9. The average Bonchev–Trinajstić information content (AvgIpc) is 2.87. The van der Waals surface area contributed by atoms with Gasteiger partial charge in [0, 0.05) is 49.9 Å². The summed E-state index contributed by atoms with van der Waals surface area (Å²) < 4.78 is 55.9. The van der Waals surface area contributed by atoms with Gasteiger partial charge in [0.1, 0.15) is 29.2 Å². The van der Waals surface area contributed by atoms with E-state index in [1.54, 1.807) is 0 Å². The Morgan fingerprint density at radius 2 is 1.87 bits per heavy atom. The topological polar surface area (TPSA) is 91.6 Å². The molecule has 1 aromatic heterocycles. The smallest absolute Gasteiger partial charge is 0.274 e. The van der Waals surface area contributed by atoms with Gasteiger partial charge in [-0.3, -0.25) is 14.4 Å². The van der Waals surface area contributed by atoms with E-state index in [0.717, 1.165) is 6.20 Å². The molecule has 0 saturated carbocycles. The van der Waals surface area contributed by atoms with Crippen LogP contribution in [0.3, 0.4) is 0 Å². The molecule has 2 aromatic rings. The molecular weight excluding hydrogens is 422 g/mol. The number of hydrogen-bond donors (Lipinski definition) is 2. The van der Waals surface area contributed by atoms with Crippen LogP contribution < -0.4 is 10.7 Å².